The van der Waals surface area contributed by atoms with Crippen LogP contribution in [0, 0.1) is 0 Å². The van der Waals surface area contributed by atoms with Gasteiger partial charge in [-0.05, 0) is 25.0 Å². The lowest BCUT2D eigenvalue weighted by molar-refractivity contribution is -0.137. The van der Waals surface area contributed by atoms with Crippen molar-refractivity contribution in [2.24, 2.45) is 0 Å². The van der Waals surface area contributed by atoms with Crippen molar-refractivity contribution in [1.29, 1.82) is 0 Å². The zero-order valence-electron chi connectivity index (χ0n) is 20.3. The second kappa shape index (κ2) is 11.3. The molecule has 36 heavy (non-hydrogen) atoms. The molecule has 4 rings (SSSR count). The molecule has 0 radical (unpaired) electrons. The number of carbonyl (C=O) groups excluding carboxylic acids is 1. The Kier molecular flexibility index (Phi) is 8.11. The number of carboxylic acid groups (broad SMARTS) is 1. The van der Waals surface area contributed by atoms with Crippen LogP contribution in [-0.4, -0.2) is 54.6 Å². The minimum Gasteiger partial charge on any atom is -0.481 e. The Hall–Kier alpha value is -3.17. The van der Waals surface area contributed by atoms with Crippen molar-refractivity contribution in [3.63, 3.8) is 0 Å². The molecule has 2 atom stereocenters. The maximum absolute atomic E-state index is 13.2. The first-order valence-corrected chi connectivity index (χ1v) is 12.7. The predicted molar refractivity (Wildman–Crippen MR) is 138 cm³/mol. The average Bonchev–Trinajstić information content (AvgIpc) is 3.45. The SMILES string of the molecule is CCCCCn1c(N2C[C@@H](O)C[C@H]2C(=O)CCCC(=O)O)cc(=O)n2cc(-c3ccc(Cl)cc3)nc12. The van der Waals surface area contributed by atoms with Gasteiger partial charge in [0.15, 0.2) is 5.78 Å². The van der Waals surface area contributed by atoms with Crippen molar-refractivity contribution >= 4 is 34.9 Å². The van der Waals surface area contributed by atoms with Crippen LogP contribution in [0.4, 0.5) is 5.82 Å². The summed E-state index contributed by atoms with van der Waals surface area (Å²) in [7, 11) is 0. The lowest BCUT2D eigenvalue weighted by atomic mass is 10.0. The highest BCUT2D eigenvalue weighted by molar-refractivity contribution is 6.30. The van der Waals surface area contributed by atoms with E-state index in [4.69, 9.17) is 21.7 Å². The lowest BCUT2D eigenvalue weighted by Crippen LogP contribution is -2.39. The van der Waals surface area contributed by atoms with E-state index in [0.29, 0.717) is 28.9 Å². The van der Waals surface area contributed by atoms with E-state index in [1.807, 2.05) is 16.7 Å². The van der Waals surface area contributed by atoms with Crippen molar-refractivity contribution in [2.45, 2.75) is 70.6 Å². The number of benzene rings is 1. The molecule has 3 aromatic rings. The number of fused-ring (bicyclic) bond motifs is 1. The van der Waals surface area contributed by atoms with Gasteiger partial charge in [-0.2, -0.15) is 0 Å². The van der Waals surface area contributed by atoms with E-state index in [1.165, 1.54) is 10.5 Å². The van der Waals surface area contributed by atoms with Gasteiger partial charge in [0.1, 0.15) is 5.82 Å². The Balaban J connectivity index is 1.76. The van der Waals surface area contributed by atoms with Crippen molar-refractivity contribution in [2.75, 3.05) is 11.4 Å². The van der Waals surface area contributed by atoms with Crippen LogP contribution in [0.2, 0.25) is 5.02 Å². The minimum absolute atomic E-state index is 0.0871. The fraction of sp³-hybridized carbons (Fsp3) is 0.462. The Bertz CT molecular complexity index is 1300. The number of β-amino-alcohol motifs (C(OH)–C–C–N with tert-alkyl or cyclic N) is 1. The first kappa shape index (κ1) is 25.9. The summed E-state index contributed by atoms with van der Waals surface area (Å²) >= 11 is 6.03. The Morgan fingerprint density at radius 2 is 1.89 bits per heavy atom. The first-order chi connectivity index (χ1) is 17.3. The Labute approximate surface area is 213 Å². The molecule has 192 valence electrons. The van der Waals surface area contributed by atoms with Crippen LogP contribution in [-0.2, 0) is 16.1 Å². The fourth-order valence-electron chi connectivity index (χ4n) is 4.77. The number of halogens is 1. The molecule has 0 unspecified atom stereocenters. The number of Topliss-reactive ketones (excluding diaryl/α,β-unsaturated/α-hetero) is 1. The number of unbranched alkanes of at least 4 members (excludes halogenated alkanes) is 2. The number of anilines is 1. The van der Waals surface area contributed by atoms with Gasteiger partial charge in [0.05, 0.1) is 17.8 Å². The van der Waals surface area contributed by atoms with Crippen LogP contribution >= 0.6 is 11.6 Å². The molecule has 1 fully saturated rings. The molecule has 0 amide bonds. The molecular weight excluding hydrogens is 484 g/mol. The number of carboxylic acids is 1. The third kappa shape index (κ3) is 5.63. The number of hydrogen-bond donors (Lipinski definition) is 2. The molecule has 0 bridgehead atoms. The van der Waals surface area contributed by atoms with Crippen molar-refractivity contribution in [3.05, 3.63) is 51.9 Å². The summed E-state index contributed by atoms with van der Waals surface area (Å²) in [6.45, 7) is 2.92. The van der Waals surface area contributed by atoms with E-state index < -0.39 is 18.1 Å². The van der Waals surface area contributed by atoms with Crippen LogP contribution in [0.5, 0.6) is 0 Å². The van der Waals surface area contributed by atoms with Gasteiger partial charge < -0.3 is 15.1 Å². The number of aliphatic hydroxyl groups excluding tert-OH is 1. The minimum atomic E-state index is -0.947. The quantitative estimate of drug-likeness (QED) is 0.374. The first-order valence-electron chi connectivity index (χ1n) is 12.4. The van der Waals surface area contributed by atoms with Crippen molar-refractivity contribution < 1.29 is 19.8 Å². The maximum Gasteiger partial charge on any atom is 0.303 e. The Morgan fingerprint density at radius 3 is 2.58 bits per heavy atom. The number of rotatable bonds is 11. The second-order valence-corrected chi connectivity index (χ2v) is 9.71. The summed E-state index contributed by atoms with van der Waals surface area (Å²) < 4.78 is 3.46. The smallest absolute Gasteiger partial charge is 0.303 e. The molecule has 1 saturated heterocycles. The van der Waals surface area contributed by atoms with Crippen LogP contribution in [0.25, 0.3) is 17.0 Å². The number of aliphatic hydroxyl groups is 1. The molecule has 0 aliphatic carbocycles. The van der Waals surface area contributed by atoms with Gasteiger partial charge in [-0.3, -0.25) is 23.4 Å². The van der Waals surface area contributed by atoms with Gasteiger partial charge in [0.2, 0.25) is 5.78 Å². The largest absolute Gasteiger partial charge is 0.481 e. The zero-order valence-corrected chi connectivity index (χ0v) is 21.0. The van der Waals surface area contributed by atoms with E-state index >= 15 is 0 Å². The van der Waals surface area contributed by atoms with Gasteiger partial charge in [-0.25, -0.2) is 4.98 Å². The Morgan fingerprint density at radius 1 is 1.14 bits per heavy atom. The third-order valence-corrected chi connectivity index (χ3v) is 6.83. The zero-order chi connectivity index (χ0) is 25.8. The topological polar surface area (TPSA) is 117 Å². The number of ketones is 1. The monoisotopic (exact) mass is 514 g/mol. The lowest BCUT2D eigenvalue weighted by Gasteiger charge is -2.28. The summed E-state index contributed by atoms with van der Waals surface area (Å²) in [6, 6.07) is 8.11. The van der Waals surface area contributed by atoms with Crippen LogP contribution in [0.1, 0.15) is 51.9 Å². The van der Waals surface area contributed by atoms with Crippen LogP contribution < -0.4 is 10.5 Å². The molecule has 2 aromatic heterocycles. The molecule has 1 aromatic carbocycles. The molecule has 1 aliphatic heterocycles. The molecule has 0 saturated carbocycles. The van der Waals surface area contributed by atoms with E-state index in [-0.39, 0.29) is 43.6 Å². The second-order valence-electron chi connectivity index (χ2n) is 9.27. The highest BCUT2D eigenvalue weighted by Crippen LogP contribution is 2.29. The highest BCUT2D eigenvalue weighted by atomic mass is 35.5. The van der Waals surface area contributed by atoms with Crippen molar-refractivity contribution in [3.8, 4) is 11.3 Å². The normalized spacial score (nSPS) is 17.7. The summed E-state index contributed by atoms with van der Waals surface area (Å²) in [5.74, 6) is -0.0652. The van der Waals surface area contributed by atoms with Crippen LogP contribution in [0.15, 0.2) is 41.3 Å². The fourth-order valence-corrected chi connectivity index (χ4v) is 4.89. The molecule has 0 spiro atoms. The number of hydrogen-bond acceptors (Lipinski definition) is 6. The van der Waals surface area contributed by atoms with Gasteiger partial charge in [0.25, 0.3) is 5.56 Å². The predicted octanol–water partition coefficient (Wildman–Crippen LogP) is 3.77. The molecule has 3 heterocycles. The number of carbonyl (C=O) groups is 2. The van der Waals surface area contributed by atoms with Gasteiger partial charge in [-0.15, -0.1) is 0 Å². The molecule has 1 aliphatic rings. The van der Waals surface area contributed by atoms with Gasteiger partial charge in [0, 0.05) is 55.2 Å². The molecular formula is C26H31ClN4O5. The summed E-state index contributed by atoms with van der Waals surface area (Å²) in [4.78, 5) is 43.7. The summed E-state index contributed by atoms with van der Waals surface area (Å²) in [5.41, 5.74) is 1.18. The number of aromatic nitrogens is 3. The van der Waals surface area contributed by atoms with Gasteiger partial charge >= 0.3 is 5.97 Å². The average molecular weight is 515 g/mol. The molecule has 9 nitrogen and oxygen atoms in total. The van der Waals surface area contributed by atoms with E-state index in [9.17, 15) is 19.5 Å². The number of imidazole rings is 1. The maximum atomic E-state index is 13.2. The van der Waals surface area contributed by atoms with E-state index in [2.05, 4.69) is 6.92 Å². The van der Waals surface area contributed by atoms with E-state index in [0.717, 1.165) is 24.8 Å². The van der Waals surface area contributed by atoms with Crippen LogP contribution in [0.3, 0.4) is 0 Å². The number of aliphatic carboxylic acids is 1. The summed E-state index contributed by atoms with van der Waals surface area (Å²) in [5, 5.41) is 20.0. The summed E-state index contributed by atoms with van der Waals surface area (Å²) in [6.07, 6.45) is 4.34. The van der Waals surface area contributed by atoms with Crippen molar-refractivity contribution in [1.82, 2.24) is 14.0 Å². The molecule has 2 N–H and O–H groups in total. The highest BCUT2D eigenvalue weighted by Gasteiger charge is 2.37. The van der Waals surface area contributed by atoms with Gasteiger partial charge in [-0.1, -0.05) is 43.5 Å². The third-order valence-electron chi connectivity index (χ3n) is 6.58. The number of aryl methyl sites for hydroxylation is 1. The standard InChI is InChI=1S/C26H31ClN4O5/c1-2-3-4-12-29-23(30-15-19(32)13-21(30)22(33)6-5-7-25(35)36)14-24(34)31-16-20(28-26(29)31)17-8-10-18(27)11-9-17/h8-11,14,16,19,21,32H,2-7,12-13,15H2,1H3,(H,35,36)/t19-,21-/m0/s1. The van der Waals surface area contributed by atoms with E-state index in [1.54, 1.807) is 23.2 Å². The number of nitrogens with zero attached hydrogens (tertiary/aromatic N) is 4. The molecule has 10 heteroatoms.